The third-order valence-corrected chi connectivity index (χ3v) is 5.26. The molecule has 0 aliphatic carbocycles. The number of sulfone groups is 1. The van der Waals surface area contributed by atoms with Crippen molar-refractivity contribution in [2.24, 2.45) is 7.05 Å². The van der Waals surface area contributed by atoms with E-state index in [0.29, 0.717) is 6.54 Å². The smallest absolute Gasteiger partial charge is 0.246 e. The van der Waals surface area contributed by atoms with Crippen LogP contribution in [0.5, 0.6) is 0 Å². The van der Waals surface area contributed by atoms with E-state index in [0.717, 1.165) is 48.5 Å². The van der Waals surface area contributed by atoms with Gasteiger partial charge in [-0.25, -0.2) is 23.4 Å². The number of nitrogens with zero attached hydrogens (tertiary/aromatic N) is 5. The highest BCUT2D eigenvalue weighted by Crippen LogP contribution is 2.20. The molecule has 0 aromatic carbocycles. The van der Waals surface area contributed by atoms with Crippen molar-refractivity contribution < 1.29 is 8.42 Å². The van der Waals surface area contributed by atoms with Crippen LogP contribution in [0.25, 0.3) is 0 Å². The first-order valence-electron chi connectivity index (χ1n) is 7.51. The van der Waals surface area contributed by atoms with Gasteiger partial charge in [0.15, 0.2) is 0 Å². The van der Waals surface area contributed by atoms with Gasteiger partial charge in [0.1, 0.15) is 5.82 Å². The molecule has 0 radical (unpaired) electrons. The van der Waals surface area contributed by atoms with Crippen molar-refractivity contribution in [1.82, 2.24) is 24.4 Å². The first-order valence-corrected chi connectivity index (χ1v) is 9.41. The molecule has 0 amide bonds. The van der Waals surface area contributed by atoms with Gasteiger partial charge in [-0.2, -0.15) is 0 Å². The van der Waals surface area contributed by atoms with E-state index < -0.39 is 9.84 Å². The summed E-state index contributed by atoms with van der Waals surface area (Å²) in [5.41, 5.74) is 4.06. The molecule has 1 aliphatic rings. The second-order valence-corrected chi connectivity index (χ2v) is 8.02. The maximum atomic E-state index is 11.5. The summed E-state index contributed by atoms with van der Waals surface area (Å²) in [6.45, 7) is 6.39. The molecule has 0 atom stereocenters. The molecule has 23 heavy (non-hydrogen) atoms. The summed E-state index contributed by atoms with van der Waals surface area (Å²) in [5, 5.41) is -0.0833. The van der Waals surface area contributed by atoms with Gasteiger partial charge in [-0.05, 0) is 13.8 Å². The molecule has 8 heteroatoms. The lowest BCUT2D eigenvalue weighted by Crippen LogP contribution is -2.32. The van der Waals surface area contributed by atoms with Crippen molar-refractivity contribution in [3.63, 3.8) is 0 Å². The Morgan fingerprint density at radius 2 is 2.00 bits per heavy atom. The van der Waals surface area contributed by atoms with Crippen LogP contribution >= 0.6 is 0 Å². The van der Waals surface area contributed by atoms with Gasteiger partial charge in [0, 0.05) is 50.3 Å². The lowest BCUT2D eigenvalue weighted by Gasteiger charge is -2.27. The minimum Gasteiger partial charge on any atom is -0.334 e. The monoisotopic (exact) mass is 335 g/mol. The van der Waals surface area contributed by atoms with Crippen LogP contribution in [-0.2, 0) is 36.4 Å². The summed E-state index contributed by atoms with van der Waals surface area (Å²) in [6, 6.07) is 0. The minimum atomic E-state index is -3.36. The van der Waals surface area contributed by atoms with E-state index in [2.05, 4.69) is 31.3 Å². The molecule has 0 unspecified atom stereocenters. The molecular weight excluding hydrogens is 314 g/mol. The molecule has 3 rings (SSSR count). The van der Waals surface area contributed by atoms with E-state index in [9.17, 15) is 8.42 Å². The van der Waals surface area contributed by atoms with Gasteiger partial charge < -0.3 is 4.57 Å². The van der Waals surface area contributed by atoms with E-state index >= 15 is 0 Å². The largest absolute Gasteiger partial charge is 0.334 e. The normalized spacial score (nSPS) is 15.7. The van der Waals surface area contributed by atoms with Gasteiger partial charge >= 0.3 is 0 Å². The van der Waals surface area contributed by atoms with Gasteiger partial charge in [-0.1, -0.05) is 0 Å². The summed E-state index contributed by atoms with van der Waals surface area (Å²) in [4.78, 5) is 15.1. The predicted octanol–water partition coefficient (Wildman–Crippen LogP) is 0.789. The molecule has 7 nitrogen and oxygen atoms in total. The Morgan fingerprint density at radius 3 is 2.61 bits per heavy atom. The van der Waals surface area contributed by atoms with Crippen molar-refractivity contribution in [3.8, 4) is 0 Å². The lowest BCUT2D eigenvalue weighted by molar-refractivity contribution is 0.233. The molecule has 124 valence electrons. The van der Waals surface area contributed by atoms with Crippen LogP contribution in [0, 0.1) is 13.8 Å². The van der Waals surface area contributed by atoms with Gasteiger partial charge in [0.05, 0.1) is 17.9 Å². The summed E-state index contributed by atoms with van der Waals surface area (Å²) in [5.74, 6) is 1.04. The SMILES string of the molecule is Cc1nc(CN2CCc3nc(S(C)(=O)=O)ncc3C2)n(C)c1C. The third kappa shape index (κ3) is 3.13. The second-order valence-electron chi connectivity index (χ2n) is 6.12. The van der Waals surface area contributed by atoms with E-state index in [4.69, 9.17) is 0 Å². The maximum absolute atomic E-state index is 11.5. The zero-order chi connectivity index (χ0) is 16.8. The fourth-order valence-electron chi connectivity index (χ4n) is 2.80. The highest BCUT2D eigenvalue weighted by Gasteiger charge is 2.22. The predicted molar refractivity (Wildman–Crippen MR) is 85.6 cm³/mol. The first kappa shape index (κ1) is 16.1. The molecule has 0 saturated carbocycles. The van der Waals surface area contributed by atoms with Crippen LogP contribution < -0.4 is 0 Å². The van der Waals surface area contributed by atoms with E-state index in [1.807, 2.05) is 14.0 Å². The maximum Gasteiger partial charge on any atom is 0.246 e. The van der Waals surface area contributed by atoms with Crippen molar-refractivity contribution >= 4 is 9.84 Å². The molecule has 0 fully saturated rings. The molecule has 0 spiro atoms. The lowest BCUT2D eigenvalue weighted by atomic mass is 10.1. The van der Waals surface area contributed by atoms with Crippen LogP contribution in [0.15, 0.2) is 11.4 Å². The number of rotatable bonds is 3. The summed E-state index contributed by atoms with van der Waals surface area (Å²) < 4.78 is 25.2. The summed E-state index contributed by atoms with van der Waals surface area (Å²) >= 11 is 0. The summed E-state index contributed by atoms with van der Waals surface area (Å²) in [6.07, 6.45) is 3.50. The number of hydrogen-bond acceptors (Lipinski definition) is 6. The van der Waals surface area contributed by atoms with Crippen LogP contribution in [0.3, 0.4) is 0 Å². The standard InChI is InChI=1S/C15H21N5O2S/c1-10-11(2)19(3)14(17-10)9-20-6-5-13-12(8-20)7-16-15(18-13)23(4,21)22/h7H,5-6,8-9H2,1-4H3. The third-order valence-electron chi connectivity index (χ3n) is 4.40. The zero-order valence-corrected chi connectivity index (χ0v) is 14.7. The van der Waals surface area contributed by atoms with Crippen molar-refractivity contribution in [2.75, 3.05) is 12.8 Å². The van der Waals surface area contributed by atoms with Crippen LogP contribution in [-0.4, -0.2) is 45.6 Å². The number of aromatic nitrogens is 4. The Morgan fingerprint density at radius 1 is 1.26 bits per heavy atom. The molecule has 0 N–H and O–H groups in total. The molecule has 2 aromatic heterocycles. The Bertz CT molecular complexity index is 857. The molecule has 2 aromatic rings. The number of fused-ring (bicyclic) bond motifs is 1. The highest BCUT2D eigenvalue weighted by molar-refractivity contribution is 7.90. The highest BCUT2D eigenvalue weighted by atomic mass is 32.2. The Hall–Kier alpha value is -1.80. The van der Waals surface area contributed by atoms with Crippen molar-refractivity contribution in [1.29, 1.82) is 0 Å². The van der Waals surface area contributed by atoms with Crippen LogP contribution in [0.1, 0.15) is 28.5 Å². The second kappa shape index (κ2) is 5.68. The van der Waals surface area contributed by atoms with Gasteiger partial charge in [-0.3, -0.25) is 4.90 Å². The fourth-order valence-corrected chi connectivity index (χ4v) is 3.32. The van der Waals surface area contributed by atoms with E-state index in [1.54, 1.807) is 6.20 Å². The van der Waals surface area contributed by atoms with Crippen molar-refractivity contribution in [3.05, 3.63) is 34.7 Å². The minimum absolute atomic E-state index is 0.0833. The Balaban J connectivity index is 1.79. The average Bonchev–Trinajstić information content (AvgIpc) is 2.73. The van der Waals surface area contributed by atoms with Crippen molar-refractivity contribution in [2.45, 2.75) is 38.5 Å². The average molecular weight is 335 g/mol. The van der Waals surface area contributed by atoms with Crippen LogP contribution in [0.2, 0.25) is 0 Å². The number of imidazole rings is 1. The topological polar surface area (TPSA) is 81.0 Å². The van der Waals surface area contributed by atoms with Crippen LogP contribution in [0.4, 0.5) is 0 Å². The quantitative estimate of drug-likeness (QED) is 0.772. The molecule has 0 bridgehead atoms. The van der Waals surface area contributed by atoms with Gasteiger partial charge in [0.2, 0.25) is 15.0 Å². The fraction of sp³-hybridized carbons (Fsp3) is 0.533. The first-order chi connectivity index (χ1) is 10.8. The number of hydrogen-bond donors (Lipinski definition) is 0. The number of aryl methyl sites for hydroxylation is 1. The molecule has 0 saturated heterocycles. The Kier molecular flexibility index (Phi) is 3.97. The molecular formula is C15H21N5O2S. The van der Waals surface area contributed by atoms with E-state index in [-0.39, 0.29) is 5.16 Å². The van der Waals surface area contributed by atoms with E-state index in [1.165, 1.54) is 5.69 Å². The van der Waals surface area contributed by atoms with Gasteiger partial charge in [0.25, 0.3) is 0 Å². The Labute approximate surface area is 136 Å². The molecule has 1 aliphatic heterocycles. The molecule has 3 heterocycles. The zero-order valence-electron chi connectivity index (χ0n) is 13.9. The summed E-state index contributed by atoms with van der Waals surface area (Å²) in [7, 11) is -1.32. The van der Waals surface area contributed by atoms with Gasteiger partial charge in [-0.15, -0.1) is 0 Å².